The highest BCUT2D eigenvalue weighted by atomic mass is 16.5. The predicted molar refractivity (Wildman–Crippen MR) is 79.8 cm³/mol. The zero-order chi connectivity index (χ0) is 14.8. The molecule has 0 spiro atoms. The number of aryl methyl sites for hydroxylation is 3. The molecule has 0 aliphatic carbocycles. The number of rotatable bonds is 4. The van der Waals surface area contributed by atoms with Crippen LogP contribution in [-0.4, -0.2) is 22.6 Å². The van der Waals surface area contributed by atoms with E-state index in [4.69, 9.17) is 4.74 Å². The molecule has 1 aliphatic heterocycles. The van der Waals surface area contributed by atoms with Gasteiger partial charge in [0, 0.05) is 18.4 Å². The van der Waals surface area contributed by atoms with Crippen LogP contribution in [0, 0.1) is 13.8 Å². The first kappa shape index (κ1) is 13.7. The van der Waals surface area contributed by atoms with Crippen molar-refractivity contribution in [1.29, 1.82) is 0 Å². The molecule has 2 heterocycles. The minimum absolute atomic E-state index is 0.127. The van der Waals surface area contributed by atoms with Crippen molar-refractivity contribution in [2.45, 2.75) is 33.1 Å². The number of nitrogens with zero attached hydrogens (tertiary/aromatic N) is 2. The van der Waals surface area contributed by atoms with Crippen LogP contribution in [0.5, 0.6) is 5.75 Å². The lowest BCUT2D eigenvalue weighted by molar-refractivity contribution is 0.0981. The quantitative estimate of drug-likeness (QED) is 0.809. The van der Waals surface area contributed by atoms with E-state index in [1.807, 2.05) is 32.0 Å². The summed E-state index contributed by atoms with van der Waals surface area (Å²) in [6, 6.07) is 8.02. The fourth-order valence-corrected chi connectivity index (χ4v) is 2.62. The van der Waals surface area contributed by atoms with Crippen LogP contribution in [0.25, 0.3) is 0 Å². The van der Waals surface area contributed by atoms with Crippen molar-refractivity contribution in [1.82, 2.24) is 10.2 Å². The molecule has 4 nitrogen and oxygen atoms in total. The molecule has 3 rings (SSSR count). The summed E-state index contributed by atoms with van der Waals surface area (Å²) in [4.78, 5) is 12.3. The zero-order valence-corrected chi connectivity index (χ0v) is 12.3. The fourth-order valence-electron chi connectivity index (χ4n) is 2.62. The Bertz CT molecular complexity index is 695. The second-order valence-electron chi connectivity index (χ2n) is 5.45. The van der Waals surface area contributed by atoms with Gasteiger partial charge in [-0.05, 0) is 43.5 Å². The molecule has 0 unspecified atom stereocenters. The van der Waals surface area contributed by atoms with Gasteiger partial charge in [0.1, 0.15) is 5.75 Å². The Hall–Kier alpha value is -2.23. The van der Waals surface area contributed by atoms with Gasteiger partial charge >= 0.3 is 0 Å². The van der Waals surface area contributed by atoms with Crippen molar-refractivity contribution in [3.63, 3.8) is 0 Å². The Labute approximate surface area is 124 Å². The molecule has 108 valence electrons. The molecule has 4 heteroatoms. The van der Waals surface area contributed by atoms with E-state index in [1.54, 1.807) is 0 Å². The molecule has 21 heavy (non-hydrogen) atoms. The van der Waals surface area contributed by atoms with E-state index in [9.17, 15) is 4.79 Å². The maximum atomic E-state index is 12.3. The summed E-state index contributed by atoms with van der Waals surface area (Å²) in [5.74, 6) is 1.11. The van der Waals surface area contributed by atoms with Crippen LogP contribution in [-0.2, 0) is 12.8 Å². The first-order valence-corrected chi connectivity index (χ1v) is 7.22. The number of aromatic nitrogens is 2. The highest BCUT2D eigenvalue weighted by molar-refractivity contribution is 5.97. The first-order chi connectivity index (χ1) is 10.1. The van der Waals surface area contributed by atoms with Gasteiger partial charge in [-0.3, -0.25) is 4.79 Å². The Morgan fingerprint density at radius 1 is 1.24 bits per heavy atom. The van der Waals surface area contributed by atoms with Crippen LogP contribution in [0.2, 0.25) is 0 Å². The van der Waals surface area contributed by atoms with Crippen molar-refractivity contribution < 1.29 is 9.53 Å². The number of carbonyl (C=O) groups excluding carboxylic acids is 1. The summed E-state index contributed by atoms with van der Waals surface area (Å²) < 4.78 is 5.50. The van der Waals surface area contributed by atoms with E-state index >= 15 is 0 Å². The van der Waals surface area contributed by atoms with Crippen molar-refractivity contribution in [2.75, 3.05) is 6.61 Å². The largest absolute Gasteiger partial charge is 0.493 e. The highest BCUT2D eigenvalue weighted by Gasteiger charge is 2.14. The first-order valence-electron chi connectivity index (χ1n) is 7.22. The summed E-state index contributed by atoms with van der Waals surface area (Å²) >= 11 is 0. The lowest BCUT2D eigenvalue weighted by Crippen LogP contribution is -2.07. The van der Waals surface area contributed by atoms with Gasteiger partial charge in [0.05, 0.1) is 18.0 Å². The van der Waals surface area contributed by atoms with Gasteiger partial charge in [-0.1, -0.05) is 12.1 Å². The summed E-state index contributed by atoms with van der Waals surface area (Å²) in [5, 5.41) is 7.98. The molecule has 0 saturated heterocycles. The third-order valence-electron chi connectivity index (χ3n) is 3.80. The molecule has 0 fully saturated rings. The van der Waals surface area contributed by atoms with Gasteiger partial charge in [-0.2, -0.15) is 10.2 Å². The molecule has 1 aromatic heterocycles. The third kappa shape index (κ3) is 2.94. The third-order valence-corrected chi connectivity index (χ3v) is 3.80. The summed E-state index contributed by atoms with van der Waals surface area (Å²) in [7, 11) is 0. The molecule has 0 bridgehead atoms. The van der Waals surface area contributed by atoms with E-state index in [1.165, 1.54) is 11.1 Å². The molecule has 0 atom stereocenters. The molecule has 1 aliphatic rings. The van der Waals surface area contributed by atoms with Gasteiger partial charge in [0.25, 0.3) is 0 Å². The van der Waals surface area contributed by atoms with Gasteiger partial charge < -0.3 is 4.74 Å². The van der Waals surface area contributed by atoms with E-state index < -0.39 is 0 Å². The maximum Gasteiger partial charge on any atom is 0.165 e. The number of ether oxygens (including phenoxy) is 1. The summed E-state index contributed by atoms with van der Waals surface area (Å²) in [6.45, 7) is 4.44. The second-order valence-corrected chi connectivity index (χ2v) is 5.45. The maximum absolute atomic E-state index is 12.3. The number of benzene rings is 1. The van der Waals surface area contributed by atoms with E-state index in [-0.39, 0.29) is 5.78 Å². The normalized spacial score (nSPS) is 12.9. The lowest BCUT2D eigenvalue weighted by atomic mass is 10.00. The molecule has 2 aromatic rings. The van der Waals surface area contributed by atoms with Crippen LogP contribution < -0.4 is 4.74 Å². The van der Waals surface area contributed by atoms with E-state index in [2.05, 4.69) is 16.3 Å². The molecular formula is C17H18N2O2. The number of hydrogen-bond donors (Lipinski definition) is 0. The van der Waals surface area contributed by atoms with E-state index in [0.717, 1.165) is 30.9 Å². The minimum atomic E-state index is 0.127. The van der Waals surface area contributed by atoms with Gasteiger partial charge in [-0.25, -0.2) is 0 Å². The number of Topliss-reactive ketones (excluding diaryl/α,β-unsaturated/α-hetero) is 1. The van der Waals surface area contributed by atoms with Gasteiger partial charge in [0.2, 0.25) is 0 Å². The Morgan fingerprint density at radius 2 is 2.10 bits per heavy atom. The topological polar surface area (TPSA) is 52.1 Å². The SMILES string of the molecule is Cc1cc(C(=O)CCc2ccc3c(c2)CCO3)c(C)nn1. The number of carbonyl (C=O) groups is 1. The van der Waals surface area contributed by atoms with Crippen LogP contribution in [0.3, 0.4) is 0 Å². The van der Waals surface area contributed by atoms with Crippen LogP contribution in [0.1, 0.15) is 39.3 Å². The number of fused-ring (bicyclic) bond motifs is 1. The molecule has 0 radical (unpaired) electrons. The van der Waals surface area contributed by atoms with E-state index in [0.29, 0.717) is 17.7 Å². The van der Waals surface area contributed by atoms with Crippen molar-refractivity contribution in [3.8, 4) is 5.75 Å². The monoisotopic (exact) mass is 282 g/mol. The zero-order valence-electron chi connectivity index (χ0n) is 12.3. The molecule has 0 amide bonds. The average Bonchev–Trinajstić information content (AvgIpc) is 2.94. The number of hydrogen-bond acceptors (Lipinski definition) is 4. The molecular weight excluding hydrogens is 264 g/mol. The fraction of sp³-hybridized carbons (Fsp3) is 0.353. The molecule has 0 N–H and O–H groups in total. The van der Waals surface area contributed by atoms with Crippen LogP contribution >= 0.6 is 0 Å². The minimum Gasteiger partial charge on any atom is -0.493 e. The highest BCUT2D eigenvalue weighted by Crippen LogP contribution is 2.26. The lowest BCUT2D eigenvalue weighted by Gasteiger charge is -2.06. The predicted octanol–water partition coefficient (Wildman–Crippen LogP) is 2.84. The Balaban J connectivity index is 1.70. The van der Waals surface area contributed by atoms with Crippen molar-refractivity contribution >= 4 is 5.78 Å². The van der Waals surface area contributed by atoms with Crippen LogP contribution in [0.4, 0.5) is 0 Å². The van der Waals surface area contributed by atoms with Crippen molar-refractivity contribution in [3.05, 3.63) is 52.3 Å². The Kier molecular flexibility index (Phi) is 3.69. The molecule has 0 saturated carbocycles. The van der Waals surface area contributed by atoms with Crippen LogP contribution in [0.15, 0.2) is 24.3 Å². The number of ketones is 1. The Morgan fingerprint density at radius 3 is 2.95 bits per heavy atom. The van der Waals surface area contributed by atoms with Gasteiger partial charge in [0.15, 0.2) is 5.78 Å². The smallest absolute Gasteiger partial charge is 0.165 e. The average molecular weight is 282 g/mol. The van der Waals surface area contributed by atoms with Crippen molar-refractivity contribution in [2.24, 2.45) is 0 Å². The molecule has 1 aromatic carbocycles. The van der Waals surface area contributed by atoms with Gasteiger partial charge in [-0.15, -0.1) is 0 Å². The second kappa shape index (κ2) is 5.64. The summed E-state index contributed by atoms with van der Waals surface area (Å²) in [5.41, 5.74) is 4.60. The standard InChI is InChI=1S/C17H18N2O2/c1-11-9-15(12(2)19-18-11)16(20)5-3-13-4-6-17-14(10-13)7-8-21-17/h4,6,9-10H,3,5,7-8H2,1-2H3. The summed E-state index contributed by atoms with van der Waals surface area (Å²) in [6.07, 6.45) is 2.20.